The van der Waals surface area contributed by atoms with Crippen LogP contribution in [0.25, 0.3) is 16.6 Å². The number of fused-ring (bicyclic) bond motifs is 2. The molecule has 1 aliphatic heterocycles. The van der Waals surface area contributed by atoms with Gasteiger partial charge >= 0.3 is 0 Å². The first-order valence-corrected chi connectivity index (χ1v) is 11.4. The van der Waals surface area contributed by atoms with Crippen molar-refractivity contribution in [3.63, 3.8) is 0 Å². The zero-order valence-corrected chi connectivity index (χ0v) is 18.6. The molecule has 7 nitrogen and oxygen atoms in total. The van der Waals surface area contributed by atoms with E-state index in [2.05, 4.69) is 5.32 Å². The summed E-state index contributed by atoms with van der Waals surface area (Å²) in [5.41, 5.74) is 3.29. The summed E-state index contributed by atoms with van der Waals surface area (Å²) in [6.45, 7) is 1.88. The summed E-state index contributed by atoms with van der Waals surface area (Å²) in [6.07, 6.45) is 0. The van der Waals surface area contributed by atoms with Crippen molar-refractivity contribution < 1.29 is 9.59 Å². The highest BCUT2D eigenvalue weighted by Crippen LogP contribution is 2.30. The third-order valence-electron chi connectivity index (χ3n) is 5.50. The Bertz CT molecular complexity index is 1460. The molecule has 0 saturated carbocycles. The van der Waals surface area contributed by atoms with Gasteiger partial charge in [-0.15, -0.1) is 0 Å². The van der Waals surface area contributed by atoms with Crippen molar-refractivity contribution in [2.24, 2.45) is 0 Å². The molecular formula is C25H20N4O3S. The van der Waals surface area contributed by atoms with Crippen LogP contribution in [-0.2, 0) is 9.59 Å². The number of rotatable bonds is 4. The Hall–Kier alpha value is -3.91. The summed E-state index contributed by atoms with van der Waals surface area (Å²) in [7, 11) is 0. The van der Waals surface area contributed by atoms with Crippen LogP contribution in [0.5, 0.6) is 0 Å². The second-order valence-corrected chi connectivity index (χ2v) is 8.61. The largest absolute Gasteiger partial charge is 0.323 e. The lowest BCUT2D eigenvalue weighted by molar-refractivity contribution is -0.120. The Morgan fingerprint density at radius 1 is 0.970 bits per heavy atom. The van der Waals surface area contributed by atoms with Crippen molar-refractivity contribution in [3.8, 4) is 5.69 Å². The molecule has 0 fully saturated rings. The van der Waals surface area contributed by atoms with Crippen LogP contribution < -0.4 is 15.8 Å². The van der Waals surface area contributed by atoms with E-state index in [9.17, 15) is 14.4 Å². The summed E-state index contributed by atoms with van der Waals surface area (Å²) in [4.78, 5) is 44.9. The van der Waals surface area contributed by atoms with Gasteiger partial charge in [-0.3, -0.25) is 19.0 Å². The van der Waals surface area contributed by atoms with Gasteiger partial charge in [0.15, 0.2) is 5.16 Å². The van der Waals surface area contributed by atoms with Crippen molar-refractivity contribution >= 4 is 45.9 Å². The van der Waals surface area contributed by atoms with E-state index >= 15 is 0 Å². The minimum absolute atomic E-state index is 0.0261. The molecule has 0 aliphatic carbocycles. The maximum absolute atomic E-state index is 13.4. The molecule has 1 aliphatic rings. The number of aromatic nitrogens is 2. The highest BCUT2D eigenvalue weighted by Gasteiger charge is 2.27. The summed E-state index contributed by atoms with van der Waals surface area (Å²) >= 11 is 1.19. The Labute approximate surface area is 194 Å². The van der Waals surface area contributed by atoms with Gasteiger partial charge in [0.2, 0.25) is 11.8 Å². The van der Waals surface area contributed by atoms with Crippen LogP contribution in [0.4, 0.5) is 11.4 Å². The first-order chi connectivity index (χ1) is 16.0. The number of nitrogens with one attached hydrogen (secondary N) is 1. The Morgan fingerprint density at radius 3 is 2.48 bits per heavy atom. The third-order valence-corrected chi connectivity index (χ3v) is 6.42. The van der Waals surface area contributed by atoms with Crippen LogP contribution in [0.1, 0.15) is 5.56 Å². The van der Waals surface area contributed by atoms with Gasteiger partial charge in [0.05, 0.1) is 33.7 Å². The molecule has 3 aromatic carbocycles. The number of hydrogen-bond donors (Lipinski definition) is 1. The molecule has 5 rings (SSSR count). The van der Waals surface area contributed by atoms with Crippen LogP contribution in [0.15, 0.2) is 82.7 Å². The van der Waals surface area contributed by atoms with Gasteiger partial charge in [0, 0.05) is 0 Å². The predicted octanol–water partition coefficient (Wildman–Crippen LogP) is 3.77. The number of anilines is 2. The third kappa shape index (κ3) is 3.89. The molecule has 0 bridgehead atoms. The van der Waals surface area contributed by atoms with E-state index in [4.69, 9.17) is 4.98 Å². The number of carbonyl (C=O) groups is 2. The van der Waals surface area contributed by atoms with Crippen molar-refractivity contribution in [2.45, 2.75) is 12.1 Å². The van der Waals surface area contributed by atoms with Gasteiger partial charge in [-0.25, -0.2) is 4.98 Å². The van der Waals surface area contributed by atoms with Gasteiger partial charge < -0.3 is 10.2 Å². The van der Waals surface area contributed by atoms with Crippen LogP contribution >= 0.6 is 11.8 Å². The topological polar surface area (TPSA) is 84.3 Å². The van der Waals surface area contributed by atoms with Crippen molar-refractivity contribution in [3.05, 3.63) is 88.7 Å². The van der Waals surface area contributed by atoms with E-state index in [0.29, 0.717) is 27.4 Å². The lowest BCUT2D eigenvalue weighted by Crippen LogP contribution is -2.43. The standard InChI is InChI=1S/C25H20N4O3S/c1-16-8-2-6-12-20(16)29-24(32)17-9-3-4-10-18(17)27-25(29)33-15-23(31)28-14-22(30)26-19-11-5-7-13-21(19)28/h2-13H,14-15H2,1H3,(H,26,30). The first-order valence-electron chi connectivity index (χ1n) is 10.4. The number of carbonyl (C=O) groups excluding carboxylic acids is 2. The SMILES string of the molecule is Cc1ccccc1-n1c(SCC(=O)N2CC(=O)Nc3ccccc32)nc2ccccc2c1=O. The number of para-hydroxylation sites is 4. The molecule has 0 spiro atoms. The molecule has 0 saturated heterocycles. The number of nitrogens with zero attached hydrogens (tertiary/aromatic N) is 3. The van der Waals surface area contributed by atoms with Crippen molar-refractivity contribution in [1.29, 1.82) is 0 Å². The van der Waals surface area contributed by atoms with E-state index in [0.717, 1.165) is 11.3 Å². The lowest BCUT2D eigenvalue weighted by atomic mass is 10.2. The number of thioether (sulfide) groups is 1. The second-order valence-electron chi connectivity index (χ2n) is 7.67. The van der Waals surface area contributed by atoms with Crippen LogP contribution in [0.2, 0.25) is 0 Å². The molecule has 2 heterocycles. The summed E-state index contributed by atoms with van der Waals surface area (Å²) in [5.74, 6) is -0.452. The van der Waals surface area contributed by atoms with Crippen LogP contribution in [-0.4, -0.2) is 33.7 Å². The monoisotopic (exact) mass is 456 g/mol. The smallest absolute Gasteiger partial charge is 0.266 e. The van der Waals surface area contributed by atoms with Gasteiger partial charge in [-0.1, -0.05) is 54.2 Å². The predicted molar refractivity (Wildman–Crippen MR) is 130 cm³/mol. The first kappa shape index (κ1) is 21.0. The quantitative estimate of drug-likeness (QED) is 0.373. The highest BCUT2D eigenvalue weighted by atomic mass is 32.2. The zero-order chi connectivity index (χ0) is 22.9. The number of hydrogen-bond acceptors (Lipinski definition) is 5. The number of amides is 2. The number of benzene rings is 3. The van der Waals surface area contributed by atoms with E-state index in [1.54, 1.807) is 28.8 Å². The van der Waals surface area contributed by atoms with Gasteiger partial charge in [-0.05, 0) is 42.8 Å². The lowest BCUT2D eigenvalue weighted by Gasteiger charge is -2.29. The van der Waals surface area contributed by atoms with Crippen molar-refractivity contribution in [1.82, 2.24) is 9.55 Å². The Balaban J connectivity index is 1.53. The average molecular weight is 457 g/mol. The Kier molecular flexibility index (Phi) is 5.43. The highest BCUT2D eigenvalue weighted by molar-refractivity contribution is 7.99. The number of aryl methyl sites for hydroxylation is 1. The maximum Gasteiger partial charge on any atom is 0.266 e. The summed E-state index contributed by atoms with van der Waals surface area (Å²) < 4.78 is 1.56. The van der Waals surface area contributed by atoms with Gasteiger partial charge in [0.25, 0.3) is 5.56 Å². The van der Waals surface area contributed by atoms with E-state index in [1.165, 1.54) is 16.7 Å². The molecule has 2 amide bonds. The van der Waals surface area contributed by atoms with Crippen molar-refractivity contribution in [2.75, 3.05) is 22.5 Å². The minimum Gasteiger partial charge on any atom is -0.323 e. The summed E-state index contributed by atoms with van der Waals surface area (Å²) in [5, 5.41) is 3.72. The molecule has 0 radical (unpaired) electrons. The fourth-order valence-electron chi connectivity index (χ4n) is 3.90. The normalized spacial score (nSPS) is 13.0. The Morgan fingerprint density at radius 2 is 1.67 bits per heavy atom. The molecular weight excluding hydrogens is 436 g/mol. The van der Waals surface area contributed by atoms with E-state index in [1.807, 2.05) is 55.5 Å². The van der Waals surface area contributed by atoms with E-state index < -0.39 is 0 Å². The summed E-state index contributed by atoms with van der Waals surface area (Å²) in [6, 6.07) is 21.9. The van der Waals surface area contributed by atoms with Crippen LogP contribution in [0.3, 0.4) is 0 Å². The van der Waals surface area contributed by atoms with Gasteiger partial charge in [-0.2, -0.15) is 0 Å². The molecule has 1 N–H and O–H groups in total. The fourth-order valence-corrected chi connectivity index (χ4v) is 4.78. The molecule has 0 atom stereocenters. The van der Waals surface area contributed by atoms with E-state index in [-0.39, 0.29) is 29.7 Å². The molecule has 164 valence electrons. The molecule has 0 unspecified atom stereocenters. The maximum atomic E-state index is 13.4. The fraction of sp³-hybridized carbons (Fsp3) is 0.120. The zero-order valence-electron chi connectivity index (χ0n) is 17.8. The van der Waals surface area contributed by atoms with Crippen LogP contribution in [0, 0.1) is 6.92 Å². The van der Waals surface area contributed by atoms with Gasteiger partial charge in [0.1, 0.15) is 6.54 Å². The molecule has 1 aromatic heterocycles. The molecule has 8 heteroatoms. The average Bonchev–Trinajstić information content (AvgIpc) is 2.83. The minimum atomic E-state index is -0.243. The molecule has 33 heavy (non-hydrogen) atoms. The second kappa shape index (κ2) is 8.55. The molecule has 4 aromatic rings.